The zero-order valence-electron chi connectivity index (χ0n) is 3.98. The Kier molecular flexibility index (Phi) is 6.66. The van der Waals surface area contributed by atoms with Crippen molar-refractivity contribution >= 4 is 36.3 Å². The molecule has 0 bridgehead atoms. The maximum atomic E-state index is 9.63. The van der Waals surface area contributed by atoms with Crippen molar-refractivity contribution in [1.29, 1.82) is 0 Å². The van der Waals surface area contributed by atoms with Crippen LogP contribution in [0.5, 0.6) is 0 Å². The Labute approximate surface area is 66.8 Å². The summed E-state index contributed by atoms with van der Waals surface area (Å²) in [5.74, 6) is -0.576. The molecule has 49 valence electrons. The van der Waals surface area contributed by atoms with Crippen molar-refractivity contribution in [3.8, 4) is 0 Å². The largest absolute Gasteiger partial charge is 0.395 e. The van der Waals surface area contributed by atoms with Gasteiger partial charge in [-0.1, -0.05) is 0 Å². The minimum absolute atomic E-state index is 0. The average molecular weight is 335 g/mol. The zero-order chi connectivity index (χ0) is 5.91. The fourth-order valence-electron chi connectivity index (χ4n) is 0.115. The molecule has 0 aromatic carbocycles. The minimum atomic E-state index is -3.92. The fourth-order valence-corrected chi connectivity index (χ4v) is 0.346. The van der Waals surface area contributed by atoms with Crippen LogP contribution >= 0.6 is 0 Å². The monoisotopic (exact) mass is 335 g/mol. The van der Waals surface area contributed by atoms with Crippen molar-refractivity contribution in [1.82, 2.24) is 0 Å². The van der Waals surface area contributed by atoms with Gasteiger partial charge in [-0.2, -0.15) is 8.42 Å². The molecule has 8 heavy (non-hydrogen) atoms. The molecule has 0 saturated carbocycles. The summed E-state index contributed by atoms with van der Waals surface area (Å²) < 4.78 is 27.1. The van der Waals surface area contributed by atoms with Crippen LogP contribution < -0.4 is 0 Å². The van der Waals surface area contributed by atoms with Crippen LogP contribution in [0, 0.1) is 0 Å². The Balaban J connectivity index is 0. The molecule has 0 aromatic rings. The van der Waals surface area contributed by atoms with Gasteiger partial charge >= 0.3 is 0 Å². The molecule has 0 aliphatic carbocycles. The molecule has 0 aromatic heterocycles. The van der Waals surface area contributed by atoms with E-state index in [1.165, 1.54) is 0 Å². The quantitative estimate of drug-likeness (QED) is 0.475. The maximum absolute atomic E-state index is 9.63. The first kappa shape index (κ1) is 11.5. The summed E-state index contributed by atoms with van der Waals surface area (Å²) in [6, 6.07) is 0. The molecular formula is C2H6BiO4S. The van der Waals surface area contributed by atoms with Crippen LogP contribution in [0.25, 0.3) is 0 Å². The summed E-state index contributed by atoms with van der Waals surface area (Å²) in [4.78, 5) is 0. The van der Waals surface area contributed by atoms with Crippen molar-refractivity contribution in [2.75, 3.05) is 12.4 Å². The second-order valence-electron chi connectivity index (χ2n) is 1.01. The van der Waals surface area contributed by atoms with E-state index >= 15 is 0 Å². The Morgan fingerprint density at radius 1 is 1.38 bits per heavy atom. The van der Waals surface area contributed by atoms with Crippen LogP contribution in [0.1, 0.15) is 0 Å². The van der Waals surface area contributed by atoms with Gasteiger partial charge in [0.05, 0.1) is 12.4 Å². The molecular weight excluding hydrogens is 329 g/mol. The van der Waals surface area contributed by atoms with E-state index in [0.717, 1.165) is 0 Å². The van der Waals surface area contributed by atoms with E-state index in [4.69, 9.17) is 9.66 Å². The van der Waals surface area contributed by atoms with Gasteiger partial charge < -0.3 is 5.11 Å². The van der Waals surface area contributed by atoms with E-state index in [1.54, 1.807) is 0 Å². The molecule has 0 spiro atoms. The van der Waals surface area contributed by atoms with Crippen molar-refractivity contribution in [3.63, 3.8) is 0 Å². The third kappa shape index (κ3) is 9.89. The molecule has 6 heteroatoms. The first-order chi connectivity index (χ1) is 3.06. The normalized spacial score (nSPS) is 10.2. The summed E-state index contributed by atoms with van der Waals surface area (Å²) in [5, 5.41) is 7.86. The first-order valence-corrected chi connectivity index (χ1v) is 3.23. The summed E-state index contributed by atoms with van der Waals surface area (Å²) in [5.41, 5.74) is 0. The summed E-state index contributed by atoms with van der Waals surface area (Å²) in [6.07, 6.45) is 0. The fraction of sp³-hybridized carbons (Fsp3) is 1.00. The van der Waals surface area contributed by atoms with Crippen LogP contribution in [0.15, 0.2) is 0 Å². The van der Waals surface area contributed by atoms with Gasteiger partial charge in [-0.15, -0.1) is 0 Å². The molecule has 3 radical (unpaired) electrons. The van der Waals surface area contributed by atoms with Gasteiger partial charge in [0.1, 0.15) is 0 Å². The molecule has 2 N–H and O–H groups in total. The molecule has 0 atom stereocenters. The summed E-state index contributed by atoms with van der Waals surface area (Å²) in [6.45, 7) is -0.529. The zero-order valence-corrected chi connectivity index (χ0v) is 8.27. The summed E-state index contributed by atoms with van der Waals surface area (Å²) >= 11 is 0. The Morgan fingerprint density at radius 2 is 1.75 bits per heavy atom. The van der Waals surface area contributed by atoms with Gasteiger partial charge in [0.15, 0.2) is 0 Å². The second-order valence-corrected chi connectivity index (χ2v) is 2.58. The van der Waals surface area contributed by atoms with Crippen LogP contribution in [0.2, 0.25) is 0 Å². The number of aliphatic hydroxyl groups excluding tert-OH is 1. The van der Waals surface area contributed by atoms with Gasteiger partial charge in [-0.05, 0) is 0 Å². The molecule has 0 amide bonds. The topological polar surface area (TPSA) is 74.6 Å². The molecule has 0 aliphatic heterocycles. The summed E-state index contributed by atoms with van der Waals surface area (Å²) in [7, 11) is -3.92. The smallest absolute Gasteiger partial charge is 0.267 e. The Morgan fingerprint density at radius 3 is 1.75 bits per heavy atom. The third-order valence-electron chi connectivity index (χ3n) is 0.349. The minimum Gasteiger partial charge on any atom is -0.395 e. The third-order valence-corrected chi connectivity index (χ3v) is 1.05. The van der Waals surface area contributed by atoms with Crippen molar-refractivity contribution < 1.29 is 18.1 Å². The van der Waals surface area contributed by atoms with Gasteiger partial charge in [0, 0.05) is 26.2 Å². The van der Waals surface area contributed by atoms with Crippen molar-refractivity contribution in [2.45, 2.75) is 0 Å². The van der Waals surface area contributed by atoms with E-state index in [-0.39, 0.29) is 26.2 Å². The Bertz CT molecular complexity index is 127. The SMILES string of the molecule is O=S(=O)(O)CCO.[Bi]. The molecule has 0 rings (SSSR count). The number of hydrogen-bond donors (Lipinski definition) is 2. The van der Waals surface area contributed by atoms with E-state index in [1.807, 2.05) is 0 Å². The first-order valence-electron chi connectivity index (χ1n) is 1.62. The number of aliphatic hydroxyl groups is 1. The molecule has 0 saturated heterocycles. The van der Waals surface area contributed by atoms with Gasteiger partial charge in [0.25, 0.3) is 10.1 Å². The predicted octanol–water partition coefficient (Wildman–Crippen LogP) is -1.51. The van der Waals surface area contributed by atoms with Crippen molar-refractivity contribution in [2.24, 2.45) is 0 Å². The van der Waals surface area contributed by atoms with Crippen LogP contribution in [-0.2, 0) is 10.1 Å². The molecule has 0 unspecified atom stereocenters. The predicted molar refractivity (Wildman–Crippen MR) is 29.3 cm³/mol. The molecule has 0 heterocycles. The van der Waals surface area contributed by atoms with E-state index in [9.17, 15) is 8.42 Å². The Hall–Kier alpha value is 0.753. The maximum Gasteiger partial charge on any atom is 0.267 e. The van der Waals surface area contributed by atoms with Crippen LogP contribution in [0.3, 0.4) is 0 Å². The average Bonchev–Trinajstić information content (AvgIpc) is 1.30. The van der Waals surface area contributed by atoms with Gasteiger partial charge in [0.2, 0.25) is 0 Å². The molecule has 0 aliphatic rings. The molecule has 4 nitrogen and oxygen atoms in total. The van der Waals surface area contributed by atoms with Crippen LogP contribution in [0.4, 0.5) is 0 Å². The van der Waals surface area contributed by atoms with Crippen molar-refractivity contribution in [3.05, 3.63) is 0 Å². The van der Waals surface area contributed by atoms with Crippen LogP contribution in [-0.4, -0.2) is 56.6 Å². The van der Waals surface area contributed by atoms with Gasteiger partial charge in [-0.25, -0.2) is 0 Å². The van der Waals surface area contributed by atoms with E-state index < -0.39 is 22.5 Å². The van der Waals surface area contributed by atoms with E-state index in [2.05, 4.69) is 0 Å². The standard InChI is InChI=1S/C2H6O4S.Bi/c3-1-2-7(4,5)6;/h3H,1-2H2,(H,4,5,6);. The number of hydrogen-bond acceptors (Lipinski definition) is 3. The van der Waals surface area contributed by atoms with Gasteiger partial charge in [-0.3, -0.25) is 4.55 Å². The number of rotatable bonds is 2. The second kappa shape index (κ2) is 4.61. The molecule has 0 fully saturated rings. The van der Waals surface area contributed by atoms with E-state index in [0.29, 0.717) is 0 Å².